The maximum atomic E-state index is 12.9. The fourth-order valence-electron chi connectivity index (χ4n) is 3.70. The van der Waals surface area contributed by atoms with Crippen LogP contribution in [0.3, 0.4) is 0 Å². The highest BCUT2D eigenvalue weighted by atomic mass is 32.2. The molecule has 162 valence electrons. The summed E-state index contributed by atoms with van der Waals surface area (Å²) in [5.74, 6) is -0.0467. The zero-order valence-electron chi connectivity index (χ0n) is 18.0. The van der Waals surface area contributed by atoms with E-state index in [0.29, 0.717) is 42.7 Å². The molecule has 1 saturated heterocycles. The van der Waals surface area contributed by atoms with E-state index < -0.39 is 10.0 Å². The van der Waals surface area contributed by atoms with Crippen LogP contribution in [0.5, 0.6) is 0 Å². The van der Waals surface area contributed by atoms with E-state index in [1.165, 1.54) is 9.87 Å². The van der Waals surface area contributed by atoms with Crippen molar-refractivity contribution in [2.45, 2.75) is 38.3 Å². The summed E-state index contributed by atoms with van der Waals surface area (Å²) in [5.41, 5.74) is 1.83. The van der Waals surface area contributed by atoms with Crippen molar-refractivity contribution in [3.8, 4) is 0 Å². The predicted octanol–water partition coefficient (Wildman–Crippen LogP) is 3.06. The summed E-state index contributed by atoms with van der Waals surface area (Å²) < 4.78 is 27.0. The molecule has 2 aromatic carbocycles. The molecular formula is C23H31N3O3S. The first-order chi connectivity index (χ1) is 14.3. The molecule has 0 spiro atoms. The van der Waals surface area contributed by atoms with Crippen molar-refractivity contribution < 1.29 is 13.2 Å². The van der Waals surface area contributed by atoms with Crippen LogP contribution in [0.25, 0.3) is 0 Å². The number of nitrogens with zero attached hydrogens (tertiary/aromatic N) is 3. The largest absolute Gasteiger partial charge is 0.336 e. The Labute approximate surface area is 180 Å². The number of carbonyl (C=O) groups is 1. The number of hydrogen-bond donors (Lipinski definition) is 0. The number of carbonyl (C=O) groups excluding carboxylic acids is 1. The van der Waals surface area contributed by atoms with Crippen LogP contribution in [0.1, 0.15) is 36.7 Å². The first kappa shape index (κ1) is 22.5. The Morgan fingerprint density at radius 1 is 0.967 bits per heavy atom. The lowest BCUT2D eigenvalue weighted by Crippen LogP contribution is -2.50. The number of benzene rings is 2. The number of sulfonamides is 1. The zero-order chi connectivity index (χ0) is 21.7. The number of amides is 1. The third-order valence-corrected chi connectivity index (χ3v) is 7.54. The highest BCUT2D eigenvalue weighted by Gasteiger charge is 2.30. The van der Waals surface area contributed by atoms with Gasteiger partial charge in [0.25, 0.3) is 5.91 Å². The highest BCUT2D eigenvalue weighted by Crippen LogP contribution is 2.18. The number of hydrogen-bond acceptors (Lipinski definition) is 4. The Bertz CT molecular complexity index is 935. The second kappa shape index (κ2) is 9.73. The van der Waals surface area contributed by atoms with E-state index in [1.807, 2.05) is 24.3 Å². The molecule has 30 heavy (non-hydrogen) atoms. The first-order valence-electron chi connectivity index (χ1n) is 10.5. The molecule has 7 heteroatoms. The standard InChI is InChI=1S/C23H31N3O3S/c1-4-24(19(2)3)18-20-10-12-21(13-11-20)23(27)25-14-16-26(17-15-25)30(28,29)22-8-6-5-7-9-22/h5-13,19H,4,14-18H2,1-3H3. The van der Waals surface area contributed by atoms with E-state index in [4.69, 9.17) is 0 Å². The van der Waals surface area contributed by atoms with E-state index in [-0.39, 0.29) is 5.91 Å². The van der Waals surface area contributed by atoms with Crippen molar-refractivity contribution in [2.24, 2.45) is 0 Å². The van der Waals surface area contributed by atoms with Gasteiger partial charge in [0.15, 0.2) is 0 Å². The lowest BCUT2D eigenvalue weighted by atomic mass is 10.1. The maximum Gasteiger partial charge on any atom is 0.253 e. The minimum atomic E-state index is -3.51. The average Bonchev–Trinajstić information content (AvgIpc) is 2.78. The Balaban J connectivity index is 1.60. The lowest BCUT2D eigenvalue weighted by molar-refractivity contribution is 0.0698. The molecule has 3 rings (SSSR count). The normalized spacial score (nSPS) is 15.7. The quantitative estimate of drug-likeness (QED) is 0.679. The summed E-state index contributed by atoms with van der Waals surface area (Å²) in [6, 6.07) is 16.7. The van der Waals surface area contributed by atoms with E-state index in [1.54, 1.807) is 35.2 Å². The monoisotopic (exact) mass is 429 g/mol. The molecule has 0 bridgehead atoms. The molecule has 0 saturated carbocycles. The van der Waals surface area contributed by atoms with Crippen LogP contribution < -0.4 is 0 Å². The van der Waals surface area contributed by atoms with Crippen LogP contribution in [0.4, 0.5) is 0 Å². The fraction of sp³-hybridized carbons (Fsp3) is 0.435. The first-order valence-corrected chi connectivity index (χ1v) is 11.9. The Kier molecular flexibility index (Phi) is 7.28. The van der Waals surface area contributed by atoms with Crippen molar-refractivity contribution in [3.05, 3.63) is 65.7 Å². The second-order valence-electron chi connectivity index (χ2n) is 7.86. The highest BCUT2D eigenvalue weighted by molar-refractivity contribution is 7.89. The van der Waals surface area contributed by atoms with Gasteiger partial charge < -0.3 is 4.90 Å². The van der Waals surface area contributed by atoms with Crippen LogP contribution in [0.15, 0.2) is 59.5 Å². The maximum absolute atomic E-state index is 12.9. The van der Waals surface area contributed by atoms with Gasteiger partial charge in [0.2, 0.25) is 10.0 Å². The fourth-order valence-corrected chi connectivity index (χ4v) is 5.15. The minimum Gasteiger partial charge on any atom is -0.336 e. The summed E-state index contributed by atoms with van der Waals surface area (Å²) >= 11 is 0. The molecule has 1 amide bonds. The van der Waals surface area contributed by atoms with Crippen molar-refractivity contribution in [3.63, 3.8) is 0 Å². The topological polar surface area (TPSA) is 60.9 Å². The molecule has 0 aromatic heterocycles. The third kappa shape index (κ3) is 5.09. The molecular weight excluding hydrogens is 398 g/mol. The van der Waals surface area contributed by atoms with Gasteiger partial charge in [0, 0.05) is 44.3 Å². The molecule has 2 aromatic rings. The van der Waals surface area contributed by atoms with E-state index >= 15 is 0 Å². The van der Waals surface area contributed by atoms with Gasteiger partial charge in [-0.15, -0.1) is 0 Å². The molecule has 6 nitrogen and oxygen atoms in total. The van der Waals surface area contributed by atoms with E-state index in [9.17, 15) is 13.2 Å². The van der Waals surface area contributed by atoms with Crippen LogP contribution in [-0.2, 0) is 16.6 Å². The second-order valence-corrected chi connectivity index (χ2v) is 9.80. The molecule has 0 N–H and O–H groups in total. The van der Waals surface area contributed by atoms with Crippen molar-refractivity contribution in [2.75, 3.05) is 32.7 Å². The van der Waals surface area contributed by atoms with Crippen molar-refractivity contribution >= 4 is 15.9 Å². The van der Waals surface area contributed by atoms with Gasteiger partial charge in [-0.2, -0.15) is 4.31 Å². The summed E-state index contributed by atoms with van der Waals surface area (Å²) in [6.07, 6.45) is 0. The smallest absolute Gasteiger partial charge is 0.253 e. The molecule has 1 heterocycles. The van der Waals surface area contributed by atoms with E-state index in [2.05, 4.69) is 25.7 Å². The van der Waals surface area contributed by atoms with Crippen LogP contribution >= 0.6 is 0 Å². The van der Waals surface area contributed by atoms with Gasteiger partial charge in [-0.25, -0.2) is 8.42 Å². The summed E-state index contributed by atoms with van der Waals surface area (Å²) in [6.45, 7) is 9.75. The van der Waals surface area contributed by atoms with Crippen LogP contribution in [0.2, 0.25) is 0 Å². The molecule has 1 aliphatic heterocycles. The zero-order valence-corrected chi connectivity index (χ0v) is 18.8. The van der Waals surface area contributed by atoms with Gasteiger partial charge in [0.1, 0.15) is 0 Å². The molecule has 1 fully saturated rings. The van der Waals surface area contributed by atoms with Crippen LogP contribution in [-0.4, -0.2) is 67.2 Å². The number of piperazine rings is 1. The SMILES string of the molecule is CCN(Cc1ccc(C(=O)N2CCN(S(=O)(=O)c3ccccc3)CC2)cc1)C(C)C. The van der Waals surface area contributed by atoms with Crippen molar-refractivity contribution in [1.29, 1.82) is 0 Å². The van der Waals surface area contributed by atoms with Gasteiger partial charge in [-0.1, -0.05) is 37.3 Å². The average molecular weight is 430 g/mol. The van der Waals surface area contributed by atoms with E-state index in [0.717, 1.165) is 13.1 Å². The predicted molar refractivity (Wildman–Crippen MR) is 119 cm³/mol. The van der Waals surface area contributed by atoms with Gasteiger partial charge in [0.05, 0.1) is 4.90 Å². The Morgan fingerprint density at radius 2 is 1.57 bits per heavy atom. The molecule has 1 aliphatic rings. The Hall–Kier alpha value is -2.22. The summed E-state index contributed by atoms with van der Waals surface area (Å²) in [5, 5.41) is 0. The van der Waals surface area contributed by atoms with Crippen molar-refractivity contribution in [1.82, 2.24) is 14.1 Å². The third-order valence-electron chi connectivity index (χ3n) is 5.63. The summed E-state index contributed by atoms with van der Waals surface area (Å²) in [4.78, 5) is 17.3. The molecule has 0 atom stereocenters. The van der Waals surface area contributed by atoms with Crippen LogP contribution in [0, 0.1) is 0 Å². The summed E-state index contributed by atoms with van der Waals surface area (Å²) in [7, 11) is -3.51. The Morgan fingerprint density at radius 3 is 2.10 bits per heavy atom. The molecule has 0 unspecified atom stereocenters. The number of rotatable bonds is 7. The lowest BCUT2D eigenvalue weighted by Gasteiger charge is -2.34. The molecule has 0 aliphatic carbocycles. The minimum absolute atomic E-state index is 0.0467. The van der Waals surface area contributed by atoms with Gasteiger partial charge in [-0.3, -0.25) is 9.69 Å². The van der Waals surface area contributed by atoms with Gasteiger partial charge in [-0.05, 0) is 50.2 Å². The molecule has 0 radical (unpaired) electrons. The van der Waals surface area contributed by atoms with Gasteiger partial charge >= 0.3 is 0 Å².